The van der Waals surface area contributed by atoms with Crippen molar-refractivity contribution < 1.29 is 9.22 Å². The summed E-state index contributed by atoms with van der Waals surface area (Å²) in [5.41, 5.74) is 0.211. The molecule has 1 aliphatic carbocycles. The molecule has 1 atom stereocenters. The van der Waals surface area contributed by atoms with Gasteiger partial charge in [-0.3, -0.25) is 4.79 Å². The Labute approximate surface area is 97.1 Å². The van der Waals surface area contributed by atoms with Crippen LogP contribution in [0.3, 0.4) is 0 Å². The number of carbonyl (C=O) groups excluding carboxylic acids is 1. The largest absolute Gasteiger partial charge is 0.403 e. The molecule has 1 unspecified atom stereocenters. The van der Waals surface area contributed by atoms with Crippen LogP contribution < -0.4 is 0 Å². The quantitative estimate of drug-likeness (QED) is 0.551. The zero-order valence-electron chi connectivity index (χ0n) is 9.90. The summed E-state index contributed by atoms with van der Waals surface area (Å²) in [7, 11) is -1.77. The van der Waals surface area contributed by atoms with Crippen molar-refractivity contribution in [1.29, 1.82) is 0 Å². The van der Waals surface area contributed by atoms with Crippen molar-refractivity contribution >= 4 is 25.7 Å². The summed E-state index contributed by atoms with van der Waals surface area (Å²) >= 11 is 6.16. The predicted molar refractivity (Wildman–Crippen MR) is 65.5 cm³/mol. The van der Waals surface area contributed by atoms with E-state index >= 15 is 0 Å². The first-order chi connectivity index (χ1) is 6.59. The highest BCUT2D eigenvalue weighted by molar-refractivity contribution is 6.70. The summed E-state index contributed by atoms with van der Waals surface area (Å²) in [5, 5.41) is 0.486. The Morgan fingerprint density at radius 2 is 1.87 bits per heavy atom. The predicted octanol–water partition coefficient (Wildman–Crippen LogP) is 3.25. The molecule has 0 fully saturated rings. The Morgan fingerprint density at radius 3 is 2.13 bits per heavy atom. The molecule has 2 nitrogen and oxygen atoms in total. The molecule has 1 aliphatic rings. The minimum Gasteiger partial charge on any atom is -0.403 e. The fourth-order valence-electron chi connectivity index (χ4n) is 1.75. The number of halogens is 1. The normalized spacial score (nSPS) is 27.9. The van der Waals surface area contributed by atoms with Gasteiger partial charge in [-0.1, -0.05) is 18.2 Å². The van der Waals surface area contributed by atoms with E-state index in [1.54, 1.807) is 6.92 Å². The van der Waals surface area contributed by atoms with Crippen LogP contribution in [0.5, 0.6) is 0 Å². The Hall–Kier alpha value is -0.383. The third-order valence-corrected chi connectivity index (χ3v) is 4.11. The zero-order chi connectivity index (χ0) is 12.0. The lowest BCUT2D eigenvalue weighted by Crippen LogP contribution is -2.41. The molecule has 0 spiro atoms. The Kier molecular flexibility index (Phi) is 3.02. The number of hydrogen-bond acceptors (Lipinski definition) is 2. The van der Waals surface area contributed by atoms with Gasteiger partial charge in [-0.05, 0) is 33.5 Å². The molecule has 0 aromatic rings. The van der Waals surface area contributed by atoms with E-state index in [4.69, 9.17) is 16.0 Å². The second-order valence-electron chi connectivity index (χ2n) is 4.99. The van der Waals surface area contributed by atoms with Gasteiger partial charge in [-0.15, -0.1) is 0 Å². The molecule has 0 amide bonds. The fraction of sp³-hybridized carbons (Fsp3) is 0.545. The molecular weight excluding hydrogens is 228 g/mol. The molecule has 0 saturated carbocycles. The minimum absolute atomic E-state index is 0.0826. The first kappa shape index (κ1) is 12.7. The number of carbonyl (C=O) groups is 1. The van der Waals surface area contributed by atoms with Crippen LogP contribution in [0.15, 0.2) is 22.8 Å². The topological polar surface area (TPSA) is 26.3 Å². The monoisotopic (exact) mass is 244 g/mol. The minimum atomic E-state index is -1.77. The first-order valence-corrected chi connectivity index (χ1v) is 8.69. The SMILES string of the molecule is C=C1C(=O)C(C)=C(Cl)C1(C)O[Si](C)(C)C. The van der Waals surface area contributed by atoms with E-state index in [1.807, 2.05) is 6.92 Å². The summed E-state index contributed by atoms with van der Waals surface area (Å²) in [6, 6.07) is 0. The van der Waals surface area contributed by atoms with Crippen LogP contribution in [-0.2, 0) is 9.22 Å². The maximum absolute atomic E-state index is 11.7. The molecule has 0 aromatic heterocycles. The number of Topliss-reactive ketones (excluding diaryl/α,β-unsaturated/α-hetero) is 1. The van der Waals surface area contributed by atoms with E-state index in [0.717, 1.165) is 0 Å². The van der Waals surface area contributed by atoms with E-state index < -0.39 is 13.9 Å². The van der Waals surface area contributed by atoms with Crippen molar-refractivity contribution in [3.05, 3.63) is 22.8 Å². The van der Waals surface area contributed by atoms with Gasteiger partial charge in [-0.25, -0.2) is 0 Å². The lowest BCUT2D eigenvalue weighted by molar-refractivity contribution is -0.112. The van der Waals surface area contributed by atoms with Gasteiger partial charge >= 0.3 is 0 Å². The van der Waals surface area contributed by atoms with Gasteiger partial charge in [0.25, 0.3) is 0 Å². The summed E-state index contributed by atoms with van der Waals surface area (Å²) in [4.78, 5) is 11.7. The van der Waals surface area contributed by atoms with Crippen LogP contribution in [0, 0.1) is 0 Å². The molecule has 0 saturated heterocycles. The second kappa shape index (κ2) is 3.58. The third-order valence-electron chi connectivity index (χ3n) is 2.45. The lowest BCUT2D eigenvalue weighted by atomic mass is 10.0. The van der Waals surface area contributed by atoms with E-state index in [1.165, 1.54) is 0 Å². The van der Waals surface area contributed by atoms with Crippen LogP contribution in [0.4, 0.5) is 0 Å². The van der Waals surface area contributed by atoms with Gasteiger partial charge in [-0.2, -0.15) is 0 Å². The Bertz CT molecular complexity index is 365. The zero-order valence-corrected chi connectivity index (χ0v) is 11.7. The highest BCUT2D eigenvalue weighted by Crippen LogP contribution is 2.43. The van der Waals surface area contributed by atoms with Crippen LogP contribution in [0.1, 0.15) is 13.8 Å². The number of allylic oxidation sites excluding steroid dienone is 1. The highest BCUT2D eigenvalue weighted by Gasteiger charge is 2.46. The molecule has 1 rings (SSSR count). The molecule has 0 radical (unpaired) electrons. The van der Waals surface area contributed by atoms with Crippen molar-refractivity contribution in [2.45, 2.75) is 39.1 Å². The summed E-state index contributed by atoms with van der Waals surface area (Å²) in [6.07, 6.45) is 0. The van der Waals surface area contributed by atoms with Crippen LogP contribution >= 0.6 is 11.6 Å². The third kappa shape index (κ3) is 2.09. The van der Waals surface area contributed by atoms with E-state index in [2.05, 4.69) is 26.2 Å². The van der Waals surface area contributed by atoms with Gasteiger partial charge < -0.3 is 4.43 Å². The van der Waals surface area contributed by atoms with Crippen molar-refractivity contribution in [2.75, 3.05) is 0 Å². The average Bonchev–Trinajstić information content (AvgIpc) is 2.19. The summed E-state index contributed by atoms with van der Waals surface area (Å²) in [5.74, 6) is -0.0826. The van der Waals surface area contributed by atoms with Gasteiger partial charge in [0.05, 0.1) is 5.03 Å². The smallest absolute Gasteiger partial charge is 0.188 e. The standard InChI is InChI=1S/C11H17ClO2Si/c1-7-9(13)8(2)11(3,10(7)12)14-15(4,5)6/h2H2,1,3-6H3. The maximum Gasteiger partial charge on any atom is 0.188 e. The molecule has 4 heteroatoms. The molecule has 0 bridgehead atoms. The number of hydrogen-bond donors (Lipinski definition) is 0. The van der Waals surface area contributed by atoms with Gasteiger partial charge in [0.15, 0.2) is 14.1 Å². The molecule has 0 heterocycles. The van der Waals surface area contributed by atoms with Gasteiger partial charge in [0.2, 0.25) is 0 Å². The van der Waals surface area contributed by atoms with Crippen molar-refractivity contribution in [1.82, 2.24) is 0 Å². The van der Waals surface area contributed by atoms with Gasteiger partial charge in [0, 0.05) is 11.1 Å². The average molecular weight is 245 g/mol. The van der Waals surface area contributed by atoms with Crippen molar-refractivity contribution in [3.63, 3.8) is 0 Å². The summed E-state index contributed by atoms with van der Waals surface area (Å²) < 4.78 is 5.98. The second-order valence-corrected chi connectivity index (χ2v) is 9.80. The number of ketones is 1. The highest BCUT2D eigenvalue weighted by atomic mass is 35.5. The van der Waals surface area contributed by atoms with Crippen LogP contribution in [0.25, 0.3) is 0 Å². The van der Waals surface area contributed by atoms with E-state index in [-0.39, 0.29) is 5.78 Å². The lowest BCUT2D eigenvalue weighted by Gasteiger charge is -2.33. The molecule has 84 valence electrons. The van der Waals surface area contributed by atoms with Crippen LogP contribution in [-0.4, -0.2) is 19.7 Å². The van der Waals surface area contributed by atoms with Crippen molar-refractivity contribution in [3.8, 4) is 0 Å². The maximum atomic E-state index is 11.7. The molecule has 0 aromatic carbocycles. The Morgan fingerprint density at radius 1 is 1.40 bits per heavy atom. The van der Waals surface area contributed by atoms with E-state index in [0.29, 0.717) is 16.2 Å². The Balaban J connectivity index is 3.15. The van der Waals surface area contributed by atoms with E-state index in [9.17, 15) is 4.79 Å². The molecule has 15 heavy (non-hydrogen) atoms. The molecular formula is C11H17ClO2Si. The molecule has 0 N–H and O–H groups in total. The molecule has 0 aliphatic heterocycles. The first-order valence-electron chi connectivity index (χ1n) is 4.90. The summed E-state index contributed by atoms with van der Waals surface area (Å²) in [6.45, 7) is 13.5. The van der Waals surface area contributed by atoms with Crippen LogP contribution in [0.2, 0.25) is 19.6 Å². The van der Waals surface area contributed by atoms with Crippen molar-refractivity contribution in [2.24, 2.45) is 0 Å². The fourth-order valence-corrected chi connectivity index (χ4v) is 3.50. The number of rotatable bonds is 2. The van der Waals surface area contributed by atoms with Gasteiger partial charge in [0.1, 0.15) is 5.60 Å².